The maximum absolute atomic E-state index is 13.2. The molecule has 18 heavy (non-hydrogen) atoms. The predicted octanol–water partition coefficient (Wildman–Crippen LogP) is 4.30. The third-order valence-electron chi connectivity index (χ3n) is 4.43. The summed E-state index contributed by atoms with van der Waals surface area (Å²) in [4.78, 5) is 0. The molecule has 1 saturated carbocycles. The predicted molar refractivity (Wildman–Crippen MR) is 73.9 cm³/mol. The van der Waals surface area contributed by atoms with Gasteiger partial charge >= 0.3 is 0 Å². The molecule has 0 saturated heterocycles. The van der Waals surface area contributed by atoms with Gasteiger partial charge in [0.25, 0.3) is 0 Å². The van der Waals surface area contributed by atoms with E-state index in [2.05, 4.69) is 26.1 Å². The van der Waals surface area contributed by atoms with Crippen LogP contribution in [0.4, 0.5) is 4.39 Å². The van der Waals surface area contributed by atoms with E-state index in [1.54, 1.807) is 12.1 Å². The quantitative estimate of drug-likeness (QED) is 0.842. The molecule has 1 aliphatic rings. The summed E-state index contributed by atoms with van der Waals surface area (Å²) < 4.78 is 13.2. The Morgan fingerprint density at radius 3 is 2.67 bits per heavy atom. The Hall–Kier alpha value is -0.890. The lowest BCUT2D eigenvalue weighted by Crippen LogP contribution is -2.37. The molecule has 1 aromatic carbocycles. The molecule has 1 fully saturated rings. The summed E-state index contributed by atoms with van der Waals surface area (Å²) in [5, 5.41) is 3.65. The minimum Gasteiger partial charge on any atom is -0.307 e. The SMILES string of the molecule is CC1CCC(N[C@@H](C)c2cccc(F)c2)CC1C. The molecule has 0 aromatic heterocycles. The van der Waals surface area contributed by atoms with Crippen LogP contribution in [-0.2, 0) is 0 Å². The summed E-state index contributed by atoms with van der Waals surface area (Å²) in [5.41, 5.74) is 1.04. The van der Waals surface area contributed by atoms with Crippen LogP contribution in [0.25, 0.3) is 0 Å². The van der Waals surface area contributed by atoms with Crippen molar-refractivity contribution in [1.82, 2.24) is 5.32 Å². The monoisotopic (exact) mass is 249 g/mol. The lowest BCUT2D eigenvalue weighted by Gasteiger charge is -2.34. The second-order valence-electron chi connectivity index (χ2n) is 5.91. The third kappa shape index (κ3) is 3.32. The normalized spacial score (nSPS) is 30.1. The van der Waals surface area contributed by atoms with E-state index in [4.69, 9.17) is 0 Å². The first kappa shape index (κ1) is 13.5. The van der Waals surface area contributed by atoms with Gasteiger partial charge in [0.15, 0.2) is 0 Å². The highest BCUT2D eigenvalue weighted by molar-refractivity contribution is 5.19. The van der Waals surface area contributed by atoms with Crippen LogP contribution in [0.5, 0.6) is 0 Å². The van der Waals surface area contributed by atoms with E-state index in [-0.39, 0.29) is 11.9 Å². The van der Waals surface area contributed by atoms with E-state index >= 15 is 0 Å². The van der Waals surface area contributed by atoms with E-state index in [9.17, 15) is 4.39 Å². The molecule has 0 heterocycles. The number of hydrogen-bond donors (Lipinski definition) is 1. The van der Waals surface area contributed by atoms with Gasteiger partial charge < -0.3 is 5.32 Å². The van der Waals surface area contributed by atoms with Gasteiger partial charge in [-0.2, -0.15) is 0 Å². The van der Waals surface area contributed by atoms with Crippen LogP contribution in [0.15, 0.2) is 24.3 Å². The minimum absolute atomic E-state index is 0.146. The van der Waals surface area contributed by atoms with Gasteiger partial charge in [0.1, 0.15) is 5.82 Å². The van der Waals surface area contributed by atoms with Crippen LogP contribution >= 0.6 is 0 Å². The molecule has 1 N–H and O–H groups in total. The first-order valence-corrected chi connectivity index (χ1v) is 7.07. The summed E-state index contributed by atoms with van der Waals surface area (Å²) in [6.45, 7) is 6.81. The Kier molecular flexibility index (Phi) is 4.39. The van der Waals surface area contributed by atoms with E-state index in [1.807, 2.05) is 6.07 Å². The number of hydrogen-bond acceptors (Lipinski definition) is 1. The average Bonchev–Trinajstić information content (AvgIpc) is 2.34. The van der Waals surface area contributed by atoms with Gasteiger partial charge in [-0.3, -0.25) is 0 Å². The second kappa shape index (κ2) is 5.83. The Labute approximate surface area is 110 Å². The Morgan fingerprint density at radius 2 is 2.00 bits per heavy atom. The second-order valence-corrected chi connectivity index (χ2v) is 5.91. The standard InChI is InChI=1S/C16H24FN/c1-11-7-8-16(9-12(11)2)18-13(3)14-5-4-6-15(17)10-14/h4-6,10-13,16,18H,7-9H2,1-3H3/t11?,12?,13-,16?/m0/s1. The zero-order valence-corrected chi connectivity index (χ0v) is 11.6. The van der Waals surface area contributed by atoms with Crippen molar-refractivity contribution in [3.8, 4) is 0 Å². The van der Waals surface area contributed by atoms with Crippen LogP contribution in [0.1, 0.15) is 51.6 Å². The van der Waals surface area contributed by atoms with Crippen LogP contribution in [-0.4, -0.2) is 6.04 Å². The fourth-order valence-electron chi connectivity index (χ4n) is 2.92. The summed E-state index contributed by atoms with van der Waals surface area (Å²) in [5.74, 6) is 1.48. The molecular weight excluding hydrogens is 225 g/mol. The molecule has 0 amide bonds. The van der Waals surface area contributed by atoms with Crippen LogP contribution in [0, 0.1) is 17.7 Å². The molecule has 3 unspecified atom stereocenters. The van der Waals surface area contributed by atoms with Crippen LogP contribution < -0.4 is 5.32 Å². The third-order valence-corrected chi connectivity index (χ3v) is 4.43. The molecule has 4 atom stereocenters. The van der Waals surface area contributed by atoms with Gasteiger partial charge in [0.2, 0.25) is 0 Å². The summed E-state index contributed by atoms with van der Waals surface area (Å²) >= 11 is 0. The molecule has 0 aliphatic heterocycles. The molecule has 1 nitrogen and oxygen atoms in total. The fourth-order valence-corrected chi connectivity index (χ4v) is 2.92. The number of nitrogens with one attached hydrogen (secondary N) is 1. The summed E-state index contributed by atoms with van der Waals surface area (Å²) in [7, 11) is 0. The van der Waals surface area contributed by atoms with E-state index in [1.165, 1.54) is 25.3 Å². The highest BCUT2D eigenvalue weighted by atomic mass is 19.1. The smallest absolute Gasteiger partial charge is 0.123 e. The number of halogens is 1. The van der Waals surface area contributed by atoms with Crippen LogP contribution in [0.3, 0.4) is 0 Å². The molecule has 100 valence electrons. The van der Waals surface area contributed by atoms with E-state index in [0.717, 1.165) is 17.4 Å². The van der Waals surface area contributed by atoms with Crippen molar-refractivity contribution in [2.75, 3.05) is 0 Å². The van der Waals surface area contributed by atoms with Gasteiger partial charge in [-0.05, 0) is 55.7 Å². The molecule has 0 spiro atoms. The fraction of sp³-hybridized carbons (Fsp3) is 0.625. The molecule has 1 aromatic rings. The molecule has 1 aliphatic carbocycles. The zero-order valence-electron chi connectivity index (χ0n) is 11.6. The Morgan fingerprint density at radius 1 is 1.22 bits per heavy atom. The van der Waals surface area contributed by atoms with Gasteiger partial charge in [-0.15, -0.1) is 0 Å². The molecule has 2 heteroatoms. The van der Waals surface area contributed by atoms with Crippen molar-refractivity contribution in [3.63, 3.8) is 0 Å². The van der Waals surface area contributed by atoms with E-state index in [0.29, 0.717) is 6.04 Å². The minimum atomic E-state index is -0.146. The summed E-state index contributed by atoms with van der Waals surface area (Å²) in [6.07, 6.45) is 3.78. The maximum Gasteiger partial charge on any atom is 0.123 e. The van der Waals surface area contributed by atoms with Gasteiger partial charge in [-0.25, -0.2) is 4.39 Å². The van der Waals surface area contributed by atoms with Gasteiger partial charge in [0, 0.05) is 12.1 Å². The van der Waals surface area contributed by atoms with Crippen molar-refractivity contribution in [2.45, 2.75) is 52.1 Å². The highest BCUT2D eigenvalue weighted by Crippen LogP contribution is 2.30. The summed E-state index contributed by atoms with van der Waals surface area (Å²) in [6, 6.07) is 7.72. The molecule has 0 bridgehead atoms. The largest absolute Gasteiger partial charge is 0.307 e. The lowest BCUT2D eigenvalue weighted by molar-refractivity contribution is 0.217. The van der Waals surface area contributed by atoms with Crippen molar-refractivity contribution >= 4 is 0 Å². The lowest BCUT2D eigenvalue weighted by atomic mass is 9.79. The molecule has 2 rings (SSSR count). The number of benzene rings is 1. The van der Waals surface area contributed by atoms with Gasteiger partial charge in [-0.1, -0.05) is 26.0 Å². The molecular formula is C16H24FN. The molecule has 0 radical (unpaired) electrons. The highest BCUT2D eigenvalue weighted by Gasteiger charge is 2.25. The van der Waals surface area contributed by atoms with Crippen molar-refractivity contribution in [2.24, 2.45) is 11.8 Å². The number of rotatable bonds is 3. The first-order chi connectivity index (χ1) is 8.56. The first-order valence-electron chi connectivity index (χ1n) is 7.07. The van der Waals surface area contributed by atoms with Crippen LogP contribution in [0.2, 0.25) is 0 Å². The van der Waals surface area contributed by atoms with Gasteiger partial charge in [0.05, 0.1) is 0 Å². The van der Waals surface area contributed by atoms with Crippen molar-refractivity contribution < 1.29 is 4.39 Å². The zero-order chi connectivity index (χ0) is 13.1. The van der Waals surface area contributed by atoms with Crippen molar-refractivity contribution in [3.05, 3.63) is 35.6 Å². The average molecular weight is 249 g/mol. The van der Waals surface area contributed by atoms with Crippen molar-refractivity contribution in [1.29, 1.82) is 0 Å². The topological polar surface area (TPSA) is 12.0 Å². The van der Waals surface area contributed by atoms with E-state index < -0.39 is 0 Å². The Bertz CT molecular complexity index is 390. The Balaban J connectivity index is 1.93. The maximum atomic E-state index is 13.2.